The first-order valence-corrected chi connectivity index (χ1v) is 12.7. The molecule has 1 aliphatic rings. The molecule has 2 aromatic carbocycles. The highest BCUT2D eigenvalue weighted by molar-refractivity contribution is 7.89. The SMILES string of the molecule is Cc1ccc(S(=O)(=O)N2CCC(C(=O)NCCc3ccc(-n4cccn4)cc3)CC2)cc1C. The highest BCUT2D eigenvalue weighted by atomic mass is 32.2. The number of nitrogens with zero attached hydrogens (tertiary/aromatic N) is 3. The van der Waals surface area contributed by atoms with Gasteiger partial charge in [-0.3, -0.25) is 4.79 Å². The van der Waals surface area contributed by atoms with E-state index in [1.807, 2.05) is 56.4 Å². The van der Waals surface area contributed by atoms with Crippen molar-refractivity contribution in [2.75, 3.05) is 19.6 Å². The van der Waals surface area contributed by atoms with Gasteiger partial charge in [-0.2, -0.15) is 9.40 Å². The van der Waals surface area contributed by atoms with Crippen LogP contribution in [0.15, 0.2) is 65.8 Å². The van der Waals surface area contributed by atoms with E-state index in [0.717, 1.165) is 28.8 Å². The molecule has 0 radical (unpaired) electrons. The van der Waals surface area contributed by atoms with Gasteiger partial charge >= 0.3 is 0 Å². The maximum absolute atomic E-state index is 13.0. The van der Waals surface area contributed by atoms with Gasteiger partial charge in [-0.15, -0.1) is 0 Å². The number of amides is 1. The minimum Gasteiger partial charge on any atom is -0.356 e. The molecule has 1 N–H and O–H groups in total. The summed E-state index contributed by atoms with van der Waals surface area (Å²) >= 11 is 0. The van der Waals surface area contributed by atoms with Crippen LogP contribution in [0.4, 0.5) is 0 Å². The van der Waals surface area contributed by atoms with Crippen molar-refractivity contribution >= 4 is 15.9 Å². The monoisotopic (exact) mass is 466 g/mol. The van der Waals surface area contributed by atoms with Gasteiger partial charge in [0.15, 0.2) is 0 Å². The fourth-order valence-corrected chi connectivity index (χ4v) is 5.65. The van der Waals surface area contributed by atoms with Gasteiger partial charge in [-0.25, -0.2) is 13.1 Å². The third-order valence-electron chi connectivity index (χ3n) is 6.36. The summed E-state index contributed by atoms with van der Waals surface area (Å²) in [4.78, 5) is 12.9. The highest BCUT2D eigenvalue weighted by Crippen LogP contribution is 2.25. The van der Waals surface area contributed by atoms with Crippen molar-refractivity contribution in [3.8, 4) is 5.69 Å². The molecule has 2 heterocycles. The lowest BCUT2D eigenvalue weighted by molar-refractivity contribution is -0.126. The molecule has 0 atom stereocenters. The standard InChI is InChI=1S/C25H30N4O3S/c1-19-4-9-24(18-20(19)2)33(31,32)28-16-11-22(12-17-28)25(30)26-14-10-21-5-7-23(8-6-21)29-15-3-13-27-29/h3-9,13,15,18,22H,10-12,14,16-17H2,1-2H3,(H,26,30). The second-order valence-electron chi connectivity index (χ2n) is 8.58. The van der Waals surface area contributed by atoms with E-state index < -0.39 is 10.0 Å². The number of benzene rings is 2. The molecular weight excluding hydrogens is 436 g/mol. The van der Waals surface area contributed by atoms with E-state index in [1.165, 1.54) is 4.31 Å². The Balaban J connectivity index is 1.25. The Morgan fingerprint density at radius 1 is 1.06 bits per heavy atom. The van der Waals surface area contributed by atoms with Crippen molar-refractivity contribution in [3.63, 3.8) is 0 Å². The summed E-state index contributed by atoms with van der Waals surface area (Å²) in [6, 6.07) is 15.2. The molecule has 0 spiro atoms. The minimum atomic E-state index is -3.53. The van der Waals surface area contributed by atoms with Gasteiger partial charge in [0.2, 0.25) is 15.9 Å². The number of carbonyl (C=O) groups is 1. The number of hydrogen-bond donors (Lipinski definition) is 1. The van der Waals surface area contributed by atoms with Crippen LogP contribution in [0.5, 0.6) is 0 Å². The van der Waals surface area contributed by atoms with Crippen molar-refractivity contribution in [3.05, 3.63) is 77.6 Å². The quantitative estimate of drug-likeness (QED) is 0.579. The summed E-state index contributed by atoms with van der Waals surface area (Å²) in [7, 11) is -3.53. The molecule has 1 fully saturated rings. The average Bonchev–Trinajstić information content (AvgIpc) is 3.36. The van der Waals surface area contributed by atoms with Gasteiger partial charge in [-0.05, 0) is 80.1 Å². The Kier molecular flexibility index (Phi) is 6.95. The Morgan fingerprint density at radius 2 is 1.79 bits per heavy atom. The van der Waals surface area contributed by atoms with Crippen LogP contribution in [0, 0.1) is 19.8 Å². The van der Waals surface area contributed by atoms with Crippen molar-refractivity contribution in [2.45, 2.75) is 38.0 Å². The molecule has 3 aromatic rings. The highest BCUT2D eigenvalue weighted by Gasteiger charge is 2.32. The van der Waals surface area contributed by atoms with Crippen LogP contribution in [0.25, 0.3) is 5.69 Å². The smallest absolute Gasteiger partial charge is 0.243 e. The van der Waals surface area contributed by atoms with E-state index in [-0.39, 0.29) is 11.8 Å². The van der Waals surface area contributed by atoms with E-state index in [9.17, 15) is 13.2 Å². The van der Waals surface area contributed by atoms with Crippen molar-refractivity contribution in [1.29, 1.82) is 0 Å². The molecule has 0 unspecified atom stereocenters. The van der Waals surface area contributed by atoms with Crippen molar-refractivity contribution in [1.82, 2.24) is 19.4 Å². The Morgan fingerprint density at radius 3 is 2.42 bits per heavy atom. The zero-order valence-corrected chi connectivity index (χ0v) is 19.9. The molecule has 0 bridgehead atoms. The number of carbonyl (C=O) groups excluding carboxylic acids is 1. The molecule has 1 saturated heterocycles. The molecule has 33 heavy (non-hydrogen) atoms. The predicted molar refractivity (Wildman–Crippen MR) is 128 cm³/mol. The zero-order chi connectivity index (χ0) is 23.4. The lowest BCUT2D eigenvalue weighted by Gasteiger charge is -2.30. The van der Waals surface area contributed by atoms with Crippen LogP contribution in [0.1, 0.15) is 29.5 Å². The van der Waals surface area contributed by atoms with Gasteiger partial charge < -0.3 is 5.32 Å². The summed E-state index contributed by atoms with van der Waals surface area (Å²) in [6.45, 7) is 5.16. The molecule has 7 nitrogen and oxygen atoms in total. The molecular formula is C25H30N4O3S. The topological polar surface area (TPSA) is 84.3 Å². The van der Waals surface area contributed by atoms with E-state index in [1.54, 1.807) is 23.0 Å². The van der Waals surface area contributed by atoms with Gasteiger partial charge in [0, 0.05) is 37.9 Å². The first-order valence-electron chi connectivity index (χ1n) is 11.3. The van der Waals surface area contributed by atoms with Crippen LogP contribution in [0.3, 0.4) is 0 Å². The predicted octanol–water partition coefficient (Wildman–Crippen LogP) is 3.25. The van der Waals surface area contributed by atoms with Crippen molar-refractivity contribution in [2.24, 2.45) is 5.92 Å². The number of aromatic nitrogens is 2. The third-order valence-corrected chi connectivity index (χ3v) is 8.25. The van der Waals surface area contributed by atoms with Gasteiger partial charge in [-0.1, -0.05) is 18.2 Å². The fourth-order valence-electron chi connectivity index (χ4n) is 4.09. The Labute approximate surface area is 195 Å². The minimum absolute atomic E-state index is 0.00592. The number of hydrogen-bond acceptors (Lipinski definition) is 4. The first-order chi connectivity index (χ1) is 15.8. The van der Waals surface area contributed by atoms with Crippen LogP contribution in [-0.4, -0.2) is 48.0 Å². The number of rotatable bonds is 7. The van der Waals surface area contributed by atoms with E-state index in [4.69, 9.17) is 0 Å². The van der Waals surface area contributed by atoms with Crippen LogP contribution < -0.4 is 5.32 Å². The number of aryl methyl sites for hydroxylation is 2. The summed E-state index contributed by atoms with van der Waals surface area (Å²) in [5.41, 5.74) is 4.16. The Hall–Kier alpha value is -2.97. The molecule has 1 aliphatic heterocycles. The fraction of sp³-hybridized carbons (Fsp3) is 0.360. The summed E-state index contributed by atoms with van der Waals surface area (Å²) in [5.74, 6) is -0.148. The van der Waals surface area contributed by atoms with E-state index in [0.29, 0.717) is 37.4 Å². The molecule has 0 aliphatic carbocycles. The second kappa shape index (κ2) is 9.89. The third kappa shape index (κ3) is 5.34. The van der Waals surface area contributed by atoms with E-state index in [2.05, 4.69) is 10.4 Å². The van der Waals surface area contributed by atoms with Crippen LogP contribution in [0.2, 0.25) is 0 Å². The normalized spacial score (nSPS) is 15.5. The zero-order valence-electron chi connectivity index (χ0n) is 19.1. The lowest BCUT2D eigenvalue weighted by Crippen LogP contribution is -2.43. The summed E-state index contributed by atoms with van der Waals surface area (Å²) in [5, 5.41) is 7.23. The summed E-state index contributed by atoms with van der Waals surface area (Å²) in [6.07, 6.45) is 5.45. The maximum Gasteiger partial charge on any atom is 0.243 e. The van der Waals surface area contributed by atoms with Crippen molar-refractivity contribution < 1.29 is 13.2 Å². The second-order valence-corrected chi connectivity index (χ2v) is 10.5. The number of sulfonamides is 1. The largest absolute Gasteiger partial charge is 0.356 e. The van der Waals surface area contributed by atoms with Gasteiger partial charge in [0.1, 0.15) is 0 Å². The van der Waals surface area contributed by atoms with Gasteiger partial charge in [0.05, 0.1) is 10.6 Å². The Bertz CT molecular complexity index is 1200. The van der Waals surface area contributed by atoms with Crippen LogP contribution >= 0.6 is 0 Å². The van der Waals surface area contributed by atoms with Gasteiger partial charge in [0.25, 0.3) is 0 Å². The molecule has 8 heteroatoms. The average molecular weight is 467 g/mol. The number of piperidine rings is 1. The molecule has 4 rings (SSSR count). The molecule has 1 amide bonds. The maximum atomic E-state index is 13.0. The lowest BCUT2D eigenvalue weighted by atomic mass is 9.97. The van der Waals surface area contributed by atoms with Crippen LogP contribution in [-0.2, 0) is 21.2 Å². The molecule has 0 saturated carbocycles. The number of nitrogens with one attached hydrogen (secondary N) is 1. The first kappa shape index (κ1) is 23.2. The van der Waals surface area contributed by atoms with E-state index >= 15 is 0 Å². The molecule has 1 aromatic heterocycles. The summed E-state index contributed by atoms with van der Waals surface area (Å²) < 4.78 is 29.3. The molecule has 174 valence electrons.